The summed E-state index contributed by atoms with van der Waals surface area (Å²) in [6.07, 6.45) is 4.77. The van der Waals surface area contributed by atoms with Gasteiger partial charge in [0.2, 0.25) is 5.78 Å². The maximum Gasteiger partial charge on any atom is 0.339 e. The number of hydrogen-bond donors (Lipinski definition) is 1. The summed E-state index contributed by atoms with van der Waals surface area (Å²) in [6, 6.07) is 7.54. The number of allylic oxidation sites excluding steroid dienone is 6. The first-order chi connectivity index (χ1) is 12.4. The molecule has 11 heteroatoms. The van der Waals surface area contributed by atoms with Crippen molar-refractivity contribution < 1.29 is 17.8 Å². The molecule has 0 saturated heterocycles. The van der Waals surface area contributed by atoms with Crippen LogP contribution in [-0.2, 0) is 10.1 Å². The summed E-state index contributed by atoms with van der Waals surface area (Å²) < 4.78 is 32.7. The van der Waals surface area contributed by atoms with Crippen LogP contribution in [0.3, 0.4) is 0 Å². The normalized spacial score (nSPS) is 17.7. The van der Waals surface area contributed by atoms with Gasteiger partial charge in [0.25, 0.3) is 15.5 Å². The highest BCUT2D eigenvalue weighted by Crippen LogP contribution is 2.18. The minimum Gasteiger partial charge on any atom is -0.362 e. The summed E-state index contributed by atoms with van der Waals surface area (Å²) in [5.74, 6) is -0.905. The van der Waals surface area contributed by atoms with Gasteiger partial charge in [-0.2, -0.15) is 8.42 Å². The van der Waals surface area contributed by atoms with Crippen molar-refractivity contribution in [1.29, 1.82) is 5.39 Å². The number of carbonyl (C=O) groups excluding carboxylic acids is 1. The first kappa shape index (κ1) is 18.7. The highest BCUT2D eigenvalue weighted by Gasteiger charge is 2.24. The fourth-order valence-electron chi connectivity index (χ4n) is 2.03. The number of carbonyl (C=O) groups is 1. The molecule has 0 saturated carbocycles. The van der Waals surface area contributed by atoms with Gasteiger partial charge in [0, 0.05) is 11.3 Å². The molecule has 0 aliphatic heterocycles. The minimum atomic E-state index is -4.83. The standard InChI is InChI=1S/C15H10N6O4S/c16-20-18-12-7-6-10(8-13(12)19-21-17)9-14(26(23,24)25)15(22)11-4-2-1-3-5-11/h1-9H,(H,23,24,25). The molecule has 0 unspecified atom stereocenters. The zero-order valence-corrected chi connectivity index (χ0v) is 13.8. The Morgan fingerprint density at radius 2 is 1.88 bits per heavy atom. The second-order valence-electron chi connectivity index (χ2n) is 4.81. The minimum absolute atomic E-state index is 0.0187. The van der Waals surface area contributed by atoms with Crippen LogP contribution in [0.4, 0.5) is 0 Å². The van der Waals surface area contributed by atoms with Crippen LogP contribution in [0.25, 0.3) is 10.6 Å². The van der Waals surface area contributed by atoms with Gasteiger partial charge in [0.15, 0.2) is 10.8 Å². The Hall–Kier alpha value is -3.62. The molecule has 0 radical (unpaired) electrons. The van der Waals surface area contributed by atoms with E-state index in [9.17, 15) is 17.8 Å². The summed E-state index contributed by atoms with van der Waals surface area (Å²) in [5, 5.41) is 20.4. The van der Waals surface area contributed by atoms with Crippen molar-refractivity contribution in [3.63, 3.8) is 0 Å². The number of rotatable bonds is 5. The number of diazo groups is 1. The molecule has 0 aromatic heterocycles. The number of ketones is 1. The monoisotopic (exact) mass is 370 g/mol. The quantitative estimate of drug-likeness (QED) is 0.160. The van der Waals surface area contributed by atoms with E-state index in [0.29, 0.717) is 0 Å². The highest BCUT2D eigenvalue weighted by molar-refractivity contribution is 7.90. The van der Waals surface area contributed by atoms with Gasteiger partial charge in [0.05, 0.1) is 0 Å². The van der Waals surface area contributed by atoms with Crippen LogP contribution in [0.5, 0.6) is 0 Å². The fraction of sp³-hybridized carbons (Fsp3) is 0. The highest BCUT2D eigenvalue weighted by atomic mass is 32.2. The summed E-state index contributed by atoms with van der Waals surface area (Å²) in [7, 11) is -4.83. The Morgan fingerprint density at radius 3 is 2.46 bits per heavy atom. The first-order valence-corrected chi connectivity index (χ1v) is 8.34. The lowest BCUT2D eigenvalue weighted by molar-refractivity contribution is 0.104. The summed E-state index contributed by atoms with van der Waals surface area (Å²) in [5.41, 5.74) is 8.64. The molecule has 0 atom stereocenters. The van der Waals surface area contributed by atoms with Gasteiger partial charge in [0.1, 0.15) is 4.91 Å². The third-order valence-electron chi connectivity index (χ3n) is 3.14. The van der Waals surface area contributed by atoms with Gasteiger partial charge in [-0.3, -0.25) is 14.6 Å². The lowest BCUT2D eigenvalue weighted by Gasteiger charge is -2.09. The molecule has 0 bridgehead atoms. The van der Waals surface area contributed by atoms with Gasteiger partial charge in [-0.15, -0.1) is 0 Å². The average molecular weight is 370 g/mol. The molecule has 1 aliphatic rings. The third-order valence-corrected chi connectivity index (χ3v) is 4.00. The van der Waals surface area contributed by atoms with Crippen molar-refractivity contribution in [2.75, 3.05) is 0 Å². The molecule has 10 nitrogen and oxygen atoms in total. The van der Waals surface area contributed by atoms with Crippen molar-refractivity contribution in [3.05, 3.63) is 81.3 Å². The van der Waals surface area contributed by atoms with Crippen LogP contribution in [0, 0.1) is 5.39 Å². The van der Waals surface area contributed by atoms with E-state index in [1.807, 2.05) is 0 Å². The molecule has 0 amide bonds. The number of benzene rings is 1. The Labute approximate surface area is 147 Å². The third kappa shape index (κ3) is 4.47. The smallest absolute Gasteiger partial charge is 0.339 e. The fourth-order valence-corrected chi connectivity index (χ4v) is 2.67. The van der Waals surface area contributed by atoms with Crippen LogP contribution < -0.4 is 0 Å². The van der Waals surface area contributed by atoms with E-state index in [-0.39, 0.29) is 22.6 Å². The second kappa shape index (κ2) is 7.97. The molecule has 1 aromatic rings. The average Bonchev–Trinajstić information content (AvgIpc) is 2.61. The largest absolute Gasteiger partial charge is 0.362 e. The zero-order valence-electron chi connectivity index (χ0n) is 13.0. The van der Waals surface area contributed by atoms with E-state index >= 15 is 0 Å². The Morgan fingerprint density at radius 1 is 1.19 bits per heavy atom. The van der Waals surface area contributed by atoms with Crippen LogP contribution in [0.15, 0.2) is 80.5 Å². The van der Waals surface area contributed by atoms with Crippen LogP contribution in [0.2, 0.25) is 0 Å². The number of hydrogen-bond acceptors (Lipinski definition) is 6. The van der Waals surface area contributed by atoms with E-state index in [2.05, 4.69) is 20.5 Å². The molecular formula is C15H10N6O4S. The van der Waals surface area contributed by atoms with Crippen molar-refractivity contribution in [2.45, 2.75) is 0 Å². The van der Waals surface area contributed by atoms with Crippen LogP contribution >= 0.6 is 0 Å². The lowest BCUT2D eigenvalue weighted by Crippen LogP contribution is -2.15. The van der Waals surface area contributed by atoms with Crippen molar-refractivity contribution in [2.24, 2.45) is 15.4 Å². The van der Waals surface area contributed by atoms with Crippen molar-refractivity contribution in [3.8, 4) is 0 Å². The van der Waals surface area contributed by atoms with E-state index in [4.69, 9.17) is 10.9 Å². The van der Waals surface area contributed by atoms with Crippen molar-refractivity contribution >= 4 is 27.3 Å². The van der Waals surface area contributed by atoms with E-state index in [0.717, 1.165) is 6.08 Å². The lowest BCUT2D eigenvalue weighted by atomic mass is 10.0. The van der Waals surface area contributed by atoms with Gasteiger partial charge >= 0.3 is 5.08 Å². The molecule has 1 aliphatic carbocycles. The maximum atomic E-state index is 12.4. The Kier molecular flexibility index (Phi) is 5.74. The van der Waals surface area contributed by atoms with Crippen LogP contribution in [0.1, 0.15) is 10.4 Å². The summed E-state index contributed by atoms with van der Waals surface area (Å²) >= 11 is 0. The molecule has 0 heterocycles. The second-order valence-corrected chi connectivity index (χ2v) is 6.20. The molecule has 0 spiro atoms. The van der Waals surface area contributed by atoms with E-state index in [1.54, 1.807) is 18.2 Å². The SMILES string of the molecule is N#[N+]N=C1C=C(C=C(C(=O)c2ccccc2)S(=O)(=O)O)C=CC1=NN=[N-]. The molecule has 130 valence electrons. The molecule has 1 aromatic carbocycles. The molecule has 26 heavy (non-hydrogen) atoms. The molecule has 0 fully saturated rings. The molecule has 2 rings (SSSR count). The summed E-state index contributed by atoms with van der Waals surface area (Å²) in [6.45, 7) is 0. The van der Waals surface area contributed by atoms with E-state index in [1.165, 1.54) is 30.4 Å². The van der Waals surface area contributed by atoms with Crippen molar-refractivity contribution in [1.82, 2.24) is 0 Å². The zero-order chi connectivity index (χ0) is 19.2. The predicted molar refractivity (Wildman–Crippen MR) is 93.4 cm³/mol. The van der Waals surface area contributed by atoms with Gasteiger partial charge in [-0.05, 0) is 17.7 Å². The van der Waals surface area contributed by atoms with Crippen LogP contribution in [-0.4, -0.2) is 30.2 Å². The number of Topliss-reactive ketones (excluding diaryl/α,β-unsaturated/α-hetero) is 1. The topological polar surface area (TPSA) is 159 Å². The van der Waals surface area contributed by atoms with Gasteiger partial charge < -0.3 is 10.6 Å². The first-order valence-electron chi connectivity index (χ1n) is 6.90. The van der Waals surface area contributed by atoms with E-state index < -0.39 is 20.8 Å². The predicted octanol–water partition coefficient (Wildman–Crippen LogP) is 2.72. The molecular weight excluding hydrogens is 360 g/mol. The number of nitrogens with zero attached hydrogens (tertiary/aromatic N) is 6. The Bertz CT molecular complexity index is 1040. The van der Waals surface area contributed by atoms with Gasteiger partial charge in [-0.1, -0.05) is 42.5 Å². The maximum absolute atomic E-state index is 12.4. The summed E-state index contributed by atoms with van der Waals surface area (Å²) in [4.78, 5) is 11.6. The Balaban J connectivity index is 2.54. The van der Waals surface area contributed by atoms with Gasteiger partial charge in [-0.25, -0.2) is 0 Å². The molecule has 1 N–H and O–H groups in total.